The topological polar surface area (TPSA) is 72.6 Å². The van der Waals surface area contributed by atoms with Crippen molar-refractivity contribution in [1.29, 1.82) is 0 Å². The van der Waals surface area contributed by atoms with E-state index in [0.717, 1.165) is 5.56 Å². The number of nitrogens with zero attached hydrogens (tertiary/aromatic N) is 1. The van der Waals surface area contributed by atoms with Crippen LogP contribution in [0.1, 0.15) is 32.3 Å². The Morgan fingerprint density at radius 2 is 1.86 bits per heavy atom. The smallest absolute Gasteiger partial charge is 0.243 e. The maximum atomic E-state index is 12.7. The minimum absolute atomic E-state index is 0.189. The molecular formula is C15H24N2O3S. The molecule has 1 aromatic rings. The number of benzene rings is 1. The number of morpholine rings is 1. The van der Waals surface area contributed by atoms with Crippen LogP contribution in [0, 0.1) is 0 Å². The van der Waals surface area contributed by atoms with Crippen molar-refractivity contribution < 1.29 is 13.2 Å². The molecule has 1 saturated heterocycles. The molecule has 0 saturated carbocycles. The van der Waals surface area contributed by atoms with Crippen molar-refractivity contribution in [2.75, 3.05) is 19.7 Å². The summed E-state index contributed by atoms with van der Waals surface area (Å²) in [5.41, 5.74) is 6.95. The average molecular weight is 312 g/mol. The third-order valence-electron chi connectivity index (χ3n) is 3.83. The normalized spacial score (nSPS) is 22.4. The molecule has 2 unspecified atom stereocenters. The van der Waals surface area contributed by atoms with Gasteiger partial charge < -0.3 is 10.5 Å². The second-order valence-electron chi connectivity index (χ2n) is 5.86. The summed E-state index contributed by atoms with van der Waals surface area (Å²) in [6, 6.07) is 6.93. The molecule has 21 heavy (non-hydrogen) atoms. The Hall–Kier alpha value is -0.950. The molecule has 0 radical (unpaired) electrons. The fourth-order valence-electron chi connectivity index (χ4n) is 2.36. The van der Waals surface area contributed by atoms with E-state index in [1.165, 1.54) is 4.31 Å². The van der Waals surface area contributed by atoms with Crippen LogP contribution in [0.3, 0.4) is 0 Å². The first kappa shape index (κ1) is 16.4. The van der Waals surface area contributed by atoms with Gasteiger partial charge in [-0.15, -0.1) is 0 Å². The molecule has 0 amide bonds. The highest BCUT2D eigenvalue weighted by atomic mass is 32.2. The van der Waals surface area contributed by atoms with Crippen LogP contribution in [0.15, 0.2) is 29.2 Å². The summed E-state index contributed by atoms with van der Waals surface area (Å²) in [5.74, 6) is 0.382. The van der Waals surface area contributed by atoms with Gasteiger partial charge in [0.25, 0.3) is 0 Å². The quantitative estimate of drug-likeness (QED) is 0.915. The summed E-state index contributed by atoms with van der Waals surface area (Å²) < 4.78 is 32.3. The van der Waals surface area contributed by atoms with Crippen molar-refractivity contribution in [3.05, 3.63) is 29.8 Å². The first-order valence-corrected chi connectivity index (χ1v) is 8.73. The van der Waals surface area contributed by atoms with Gasteiger partial charge in [-0.2, -0.15) is 4.31 Å². The van der Waals surface area contributed by atoms with E-state index >= 15 is 0 Å². The predicted octanol–water partition coefficient (Wildman–Crippen LogP) is 1.55. The van der Waals surface area contributed by atoms with E-state index in [2.05, 4.69) is 13.8 Å². The predicted molar refractivity (Wildman–Crippen MR) is 82.7 cm³/mol. The maximum absolute atomic E-state index is 12.7. The Morgan fingerprint density at radius 1 is 1.24 bits per heavy atom. The van der Waals surface area contributed by atoms with Crippen LogP contribution in [0.4, 0.5) is 0 Å². The van der Waals surface area contributed by atoms with Gasteiger partial charge in [0.15, 0.2) is 0 Å². The van der Waals surface area contributed by atoms with E-state index in [0.29, 0.717) is 30.5 Å². The second kappa shape index (κ2) is 6.44. The SMILES string of the molecule is CC(C)c1ccc(S(=O)(=O)N2CCOC(C(C)N)C2)cc1. The highest BCUT2D eigenvalue weighted by molar-refractivity contribution is 7.89. The van der Waals surface area contributed by atoms with E-state index in [1.807, 2.05) is 19.1 Å². The molecule has 2 atom stereocenters. The van der Waals surface area contributed by atoms with Gasteiger partial charge in [-0.05, 0) is 30.5 Å². The summed E-state index contributed by atoms with van der Waals surface area (Å²) in [6.45, 7) is 7.06. The number of nitrogens with two attached hydrogens (primary N) is 1. The van der Waals surface area contributed by atoms with Gasteiger partial charge >= 0.3 is 0 Å². The molecule has 0 bridgehead atoms. The average Bonchev–Trinajstić information content (AvgIpc) is 2.47. The fraction of sp³-hybridized carbons (Fsp3) is 0.600. The minimum atomic E-state index is -3.47. The first-order valence-electron chi connectivity index (χ1n) is 7.29. The number of ether oxygens (including phenoxy) is 1. The summed E-state index contributed by atoms with van der Waals surface area (Å²) in [4.78, 5) is 0.331. The molecular weight excluding hydrogens is 288 g/mol. The van der Waals surface area contributed by atoms with Crippen LogP contribution in [0.5, 0.6) is 0 Å². The first-order chi connectivity index (χ1) is 9.82. The van der Waals surface area contributed by atoms with E-state index < -0.39 is 10.0 Å². The van der Waals surface area contributed by atoms with Crippen LogP contribution in [-0.2, 0) is 14.8 Å². The largest absolute Gasteiger partial charge is 0.374 e. The molecule has 1 fully saturated rings. The number of rotatable bonds is 4. The molecule has 1 aliphatic rings. The zero-order valence-corrected chi connectivity index (χ0v) is 13.6. The number of hydrogen-bond acceptors (Lipinski definition) is 4. The Morgan fingerprint density at radius 3 is 2.38 bits per heavy atom. The van der Waals surface area contributed by atoms with Gasteiger partial charge in [-0.3, -0.25) is 0 Å². The van der Waals surface area contributed by atoms with Crippen molar-refractivity contribution in [2.24, 2.45) is 5.73 Å². The fourth-order valence-corrected chi connectivity index (χ4v) is 3.80. The van der Waals surface area contributed by atoms with Gasteiger partial charge in [0, 0.05) is 19.1 Å². The van der Waals surface area contributed by atoms with Crippen molar-refractivity contribution >= 4 is 10.0 Å². The van der Waals surface area contributed by atoms with Crippen molar-refractivity contribution in [2.45, 2.75) is 43.7 Å². The molecule has 1 heterocycles. The lowest BCUT2D eigenvalue weighted by molar-refractivity contribution is -0.0120. The van der Waals surface area contributed by atoms with Gasteiger partial charge in [0.2, 0.25) is 10.0 Å². The van der Waals surface area contributed by atoms with Gasteiger partial charge in [-0.25, -0.2) is 8.42 Å². The van der Waals surface area contributed by atoms with Crippen molar-refractivity contribution in [3.63, 3.8) is 0 Å². The zero-order valence-electron chi connectivity index (χ0n) is 12.8. The van der Waals surface area contributed by atoms with E-state index in [1.54, 1.807) is 12.1 Å². The Kier molecular flexibility index (Phi) is 5.03. The van der Waals surface area contributed by atoms with Crippen LogP contribution in [0.25, 0.3) is 0 Å². The highest BCUT2D eigenvalue weighted by Crippen LogP contribution is 2.22. The van der Waals surface area contributed by atoms with E-state index in [9.17, 15) is 8.42 Å². The third-order valence-corrected chi connectivity index (χ3v) is 5.71. The van der Waals surface area contributed by atoms with Crippen LogP contribution >= 0.6 is 0 Å². The third kappa shape index (κ3) is 3.63. The minimum Gasteiger partial charge on any atom is -0.374 e. The van der Waals surface area contributed by atoms with E-state index in [-0.39, 0.29) is 12.1 Å². The molecule has 0 aromatic heterocycles. The van der Waals surface area contributed by atoms with Crippen molar-refractivity contribution in [3.8, 4) is 0 Å². The monoisotopic (exact) mass is 312 g/mol. The summed E-state index contributed by atoms with van der Waals surface area (Å²) in [6.07, 6.45) is -0.247. The summed E-state index contributed by atoms with van der Waals surface area (Å²) in [7, 11) is -3.47. The van der Waals surface area contributed by atoms with Gasteiger partial charge in [0.1, 0.15) is 0 Å². The van der Waals surface area contributed by atoms with Crippen LogP contribution in [-0.4, -0.2) is 44.6 Å². The van der Waals surface area contributed by atoms with Gasteiger partial charge in [-0.1, -0.05) is 26.0 Å². The summed E-state index contributed by atoms with van der Waals surface area (Å²) >= 11 is 0. The number of sulfonamides is 1. The Labute approximate surface area is 127 Å². The lowest BCUT2D eigenvalue weighted by Crippen LogP contribution is -2.51. The van der Waals surface area contributed by atoms with E-state index in [4.69, 9.17) is 10.5 Å². The molecule has 0 aliphatic carbocycles. The van der Waals surface area contributed by atoms with Crippen LogP contribution in [0.2, 0.25) is 0 Å². The van der Waals surface area contributed by atoms with Crippen LogP contribution < -0.4 is 5.73 Å². The molecule has 6 heteroatoms. The highest BCUT2D eigenvalue weighted by Gasteiger charge is 2.32. The lowest BCUT2D eigenvalue weighted by atomic mass is 10.0. The molecule has 2 N–H and O–H groups in total. The molecule has 1 aromatic carbocycles. The van der Waals surface area contributed by atoms with Crippen molar-refractivity contribution in [1.82, 2.24) is 4.31 Å². The second-order valence-corrected chi connectivity index (χ2v) is 7.79. The molecule has 0 spiro atoms. The molecule has 5 nitrogen and oxygen atoms in total. The Balaban J connectivity index is 2.21. The number of hydrogen-bond donors (Lipinski definition) is 1. The maximum Gasteiger partial charge on any atom is 0.243 e. The molecule has 1 aliphatic heterocycles. The van der Waals surface area contributed by atoms with Gasteiger partial charge in [0.05, 0.1) is 17.6 Å². The summed E-state index contributed by atoms with van der Waals surface area (Å²) in [5, 5.41) is 0. The standard InChI is InChI=1S/C15H24N2O3S/c1-11(2)13-4-6-14(7-5-13)21(18,19)17-8-9-20-15(10-17)12(3)16/h4-7,11-12,15H,8-10,16H2,1-3H3. The Bertz CT molecular complexity index is 567. The zero-order chi connectivity index (χ0) is 15.6. The lowest BCUT2D eigenvalue weighted by Gasteiger charge is -2.33. The molecule has 118 valence electrons. The molecule has 2 rings (SSSR count).